The Morgan fingerprint density at radius 2 is 1.35 bits per heavy atom. The quantitative estimate of drug-likeness (QED) is 0.315. The monoisotopic (exact) mass is 414 g/mol. The van der Waals surface area contributed by atoms with Crippen molar-refractivity contribution in [2.24, 2.45) is 0 Å². The lowest BCUT2D eigenvalue weighted by molar-refractivity contribution is 0.517. The van der Waals surface area contributed by atoms with E-state index in [-0.39, 0.29) is 11.2 Å². The Balaban J connectivity index is 1.48. The van der Waals surface area contributed by atoms with Gasteiger partial charge in [-0.2, -0.15) is 0 Å². The fraction of sp³-hybridized carbons (Fsp3) is 0.143. The zero-order valence-corrected chi connectivity index (χ0v) is 17.2. The van der Waals surface area contributed by atoms with Gasteiger partial charge in [0.25, 0.3) is 0 Å². The Morgan fingerprint density at radius 1 is 0.645 bits per heavy atom. The normalized spacial score (nSPS) is 10.7. The third-order valence-electron chi connectivity index (χ3n) is 5.42. The summed E-state index contributed by atoms with van der Waals surface area (Å²) in [5.74, 6) is 3.63. The maximum Gasteiger partial charge on any atom is 0.166 e. The van der Waals surface area contributed by atoms with Crippen molar-refractivity contribution in [3.05, 3.63) is 118 Å². The van der Waals surface area contributed by atoms with Crippen molar-refractivity contribution in [2.75, 3.05) is 0 Å². The zero-order chi connectivity index (χ0) is 21.8. The number of hydrogen-bond donors (Lipinski definition) is 0. The van der Waals surface area contributed by atoms with Crippen molar-refractivity contribution in [3.8, 4) is 11.8 Å². The SMILES string of the molecule is CCc1ccc(CCc2ccc(C#Cc3ccc4c(F)c(F)ccc4c3)c(F)c2)cc1. The van der Waals surface area contributed by atoms with E-state index in [1.54, 1.807) is 18.2 Å². The molecule has 0 aliphatic heterocycles. The van der Waals surface area contributed by atoms with E-state index in [9.17, 15) is 13.2 Å². The molecule has 154 valence electrons. The molecule has 0 nitrogen and oxygen atoms in total. The van der Waals surface area contributed by atoms with Crippen LogP contribution in [0.3, 0.4) is 0 Å². The van der Waals surface area contributed by atoms with E-state index in [2.05, 4.69) is 43.0 Å². The first-order chi connectivity index (χ1) is 15.0. The van der Waals surface area contributed by atoms with E-state index in [1.165, 1.54) is 29.3 Å². The summed E-state index contributed by atoms with van der Waals surface area (Å²) in [7, 11) is 0. The second-order valence-electron chi connectivity index (χ2n) is 7.53. The van der Waals surface area contributed by atoms with E-state index in [4.69, 9.17) is 0 Å². The summed E-state index contributed by atoms with van der Waals surface area (Å²) in [6.07, 6.45) is 2.62. The minimum Gasteiger partial charge on any atom is -0.206 e. The average molecular weight is 414 g/mol. The highest BCUT2D eigenvalue weighted by Gasteiger charge is 2.07. The van der Waals surface area contributed by atoms with Gasteiger partial charge in [-0.05, 0) is 71.7 Å². The minimum absolute atomic E-state index is 0.199. The van der Waals surface area contributed by atoms with Crippen LogP contribution >= 0.6 is 0 Å². The largest absolute Gasteiger partial charge is 0.206 e. The van der Waals surface area contributed by atoms with Gasteiger partial charge in [0.1, 0.15) is 5.82 Å². The van der Waals surface area contributed by atoms with Gasteiger partial charge < -0.3 is 0 Å². The first-order valence-corrected chi connectivity index (χ1v) is 10.3. The molecular weight excluding hydrogens is 393 g/mol. The van der Waals surface area contributed by atoms with Crippen LogP contribution in [-0.4, -0.2) is 0 Å². The molecule has 4 aromatic rings. The minimum atomic E-state index is -0.883. The van der Waals surface area contributed by atoms with Crippen LogP contribution in [0.15, 0.2) is 72.8 Å². The molecule has 0 aliphatic carbocycles. The summed E-state index contributed by atoms with van der Waals surface area (Å²) in [6, 6.07) is 21.0. The fourth-order valence-corrected chi connectivity index (χ4v) is 3.53. The van der Waals surface area contributed by atoms with Gasteiger partial charge in [-0.15, -0.1) is 0 Å². The van der Waals surface area contributed by atoms with Crippen LogP contribution in [0.5, 0.6) is 0 Å². The number of halogens is 3. The second-order valence-corrected chi connectivity index (χ2v) is 7.53. The third-order valence-corrected chi connectivity index (χ3v) is 5.42. The topological polar surface area (TPSA) is 0 Å². The highest BCUT2D eigenvalue weighted by Crippen LogP contribution is 2.21. The number of benzene rings is 4. The maximum atomic E-state index is 14.5. The first-order valence-electron chi connectivity index (χ1n) is 10.3. The first kappa shape index (κ1) is 20.8. The molecule has 0 heterocycles. The predicted molar refractivity (Wildman–Crippen MR) is 119 cm³/mol. The van der Waals surface area contributed by atoms with E-state index >= 15 is 0 Å². The standard InChI is InChI=1S/C28H21F3/c1-2-19-3-5-20(6-4-19)7-8-22-10-13-23(27(30)18-22)12-9-21-11-15-25-24(17-21)14-16-26(29)28(25)31/h3-6,10-11,13-18H,2,7-8H2,1H3. The van der Waals surface area contributed by atoms with Crippen LogP contribution in [0.1, 0.15) is 34.7 Å². The van der Waals surface area contributed by atoms with Gasteiger partial charge in [0.15, 0.2) is 11.6 Å². The molecule has 0 spiro atoms. The maximum absolute atomic E-state index is 14.5. The van der Waals surface area contributed by atoms with Crippen molar-refractivity contribution in [3.63, 3.8) is 0 Å². The molecule has 4 rings (SSSR count). The van der Waals surface area contributed by atoms with Gasteiger partial charge in [-0.3, -0.25) is 0 Å². The summed E-state index contributed by atoms with van der Waals surface area (Å²) < 4.78 is 41.7. The molecule has 0 aromatic heterocycles. The Labute approximate surface area is 180 Å². The van der Waals surface area contributed by atoms with Crippen LogP contribution in [0.4, 0.5) is 13.2 Å². The van der Waals surface area contributed by atoms with Gasteiger partial charge in [0.05, 0.1) is 5.56 Å². The summed E-state index contributed by atoms with van der Waals surface area (Å²) in [4.78, 5) is 0. The van der Waals surface area contributed by atoms with E-state index in [1.807, 2.05) is 6.07 Å². The van der Waals surface area contributed by atoms with Gasteiger partial charge in [0, 0.05) is 10.9 Å². The number of rotatable bonds is 4. The van der Waals surface area contributed by atoms with Crippen molar-refractivity contribution in [1.82, 2.24) is 0 Å². The molecular formula is C28H21F3. The molecule has 3 heteroatoms. The van der Waals surface area contributed by atoms with Crippen molar-refractivity contribution in [2.45, 2.75) is 26.2 Å². The smallest absolute Gasteiger partial charge is 0.166 e. The van der Waals surface area contributed by atoms with E-state index in [0.29, 0.717) is 16.5 Å². The Bertz CT molecular complexity index is 1290. The van der Waals surface area contributed by atoms with Crippen LogP contribution in [0, 0.1) is 29.3 Å². The van der Waals surface area contributed by atoms with Crippen LogP contribution in [0.25, 0.3) is 10.8 Å². The molecule has 0 amide bonds. The molecule has 0 fully saturated rings. The number of fused-ring (bicyclic) bond motifs is 1. The number of aryl methyl sites for hydroxylation is 3. The second kappa shape index (κ2) is 9.10. The molecule has 0 bridgehead atoms. The van der Waals surface area contributed by atoms with Crippen molar-refractivity contribution in [1.29, 1.82) is 0 Å². The van der Waals surface area contributed by atoms with Crippen molar-refractivity contribution < 1.29 is 13.2 Å². The Morgan fingerprint density at radius 3 is 2.10 bits per heavy atom. The molecule has 0 saturated carbocycles. The highest BCUT2D eigenvalue weighted by atomic mass is 19.2. The lowest BCUT2D eigenvalue weighted by Gasteiger charge is -2.05. The lowest BCUT2D eigenvalue weighted by atomic mass is 10.0. The third kappa shape index (κ3) is 4.81. The molecule has 0 N–H and O–H groups in total. The van der Waals surface area contributed by atoms with E-state index in [0.717, 1.165) is 30.9 Å². The predicted octanol–water partition coefficient (Wildman–Crippen LogP) is 7.00. The Hall–Kier alpha value is -3.51. The average Bonchev–Trinajstić information content (AvgIpc) is 2.80. The zero-order valence-electron chi connectivity index (χ0n) is 17.2. The molecule has 0 unspecified atom stereocenters. The Kier molecular flexibility index (Phi) is 6.09. The van der Waals surface area contributed by atoms with Crippen LogP contribution in [-0.2, 0) is 19.3 Å². The molecule has 4 aromatic carbocycles. The van der Waals surface area contributed by atoms with Crippen LogP contribution in [0.2, 0.25) is 0 Å². The molecule has 0 saturated heterocycles. The molecule has 0 radical (unpaired) electrons. The molecule has 0 aliphatic rings. The van der Waals surface area contributed by atoms with Crippen LogP contribution < -0.4 is 0 Å². The summed E-state index contributed by atoms with van der Waals surface area (Å²) in [5, 5.41) is 0.749. The van der Waals surface area contributed by atoms with Gasteiger partial charge >= 0.3 is 0 Å². The lowest BCUT2D eigenvalue weighted by Crippen LogP contribution is -1.94. The fourth-order valence-electron chi connectivity index (χ4n) is 3.53. The van der Waals surface area contributed by atoms with E-state index < -0.39 is 11.6 Å². The summed E-state index contributed by atoms with van der Waals surface area (Å²) in [5.41, 5.74) is 4.38. The number of hydrogen-bond acceptors (Lipinski definition) is 0. The summed E-state index contributed by atoms with van der Waals surface area (Å²) >= 11 is 0. The molecule has 31 heavy (non-hydrogen) atoms. The molecule has 0 atom stereocenters. The van der Waals surface area contributed by atoms with Gasteiger partial charge in [-0.1, -0.05) is 61.2 Å². The van der Waals surface area contributed by atoms with Gasteiger partial charge in [-0.25, -0.2) is 13.2 Å². The summed E-state index contributed by atoms with van der Waals surface area (Å²) in [6.45, 7) is 2.13. The highest BCUT2D eigenvalue weighted by molar-refractivity contribution is 5.84. The van der Waals surface area contributed by atoms with Gasteiger partial charge in [0.2, 0.25) is 0 Å². The van der Waals surface area contributed by atoms with Crippen molar-refractivity contribution >= 4 is 10.8 Å².